The Morgan fingerprint density at radius 2 is 1.83 bits per heavy atom. The molecule has 1 heterocycles. The van der Waals surface area contributed by atoms with Gasteiger partial charge >= 0.3 is 5.97 Å². The van der Waals surface area contributed by atoms with Crippen molar-refractivity contribution in [2.75, 3.05) is 0 Å². The van der Waals surface area contributed by atoms with Gasteiger partial charge < -0.3 is 4.74 Å². The van der Waals surface area contributed by atoms with Crippen LogP contribution in [0.25, 0.3) is 0 Å². The number of benzene rings is 2. The Bertz CT molecular complexity index is 799. The minimum atomic E-state index is -0.827. The van der Waals surface area contributed by atoms with Crippen LogP contribution in [0.1, 0.15) is 24.1 Å². The summed E-state index contributed by atoms with van der Waals surface area (Å²) < 4.78 is 6.78. The van der Waals surface area contributed by atoms with Crippen LogP contribution in [0.2, 0.25) is 0 Å². The molecule has 0 aliphatic carbocycles. The Labute approximate surface area is 144 Å². The van der Waals surface area contributed by atoms with Crippen LogP contribution in [0, 0.1) is 11.3 Å². The molecule has 1 aliphatic rings. The molecular weight excluding hydrogens is 324 g/mol. The van der Waals surface area contributed by atoms with Crippen molar-refractivity contribution in [1.29, 1.82) is 5.26 Å². The van der Waals surface area contributed by atoms with Crippen LogP contribution < -0.4 is 0 Å². The summed E-state index contributed by atoms with van der Waals surface area (Å²) in [5.74, 6) is -0.732. The van der Waals surface area contributed by atoms with E-state index in [0.717, 1.165) is 10.5 Å². The van der Waals surface area contributed by atoms with E-state index >= 15 is 0 Å². The third-order valence-electron chi connectivity index (χ3n) is 3.62. The van der Waals surface area contributed by atoms with Crippen molar-refractivity contribution >= 4 is 23.8 Å². The van der Waals surface area contributed by atoms with Crippen molar-refractivity contribution in [2.45, 2.75) is 24.0 Å². The Hall–Kier alpha value is -2.78. The van der Waals surface area contributed by atoms with Crippen molar-refractivity contribution in [1.82, 2.24) is 4.31 Å². The molecule has 1 saturated heterocycles. The summed E-state index contributed by atoms with van der Waals surface area (Å²) in [5, 5.41) is 8.91. The van der Waals surface area contributed by atoms with Gasteiger partial charge in [-0.25, -0.2) is 0 Å². The number of rotatable bonds is 4. The molecule has 2 atom stereocenters. The predicted molar refractivity (Wildman–Crippen MR) is 88.6 cm³/mol. The number of ether oxygens (including phenoxy) is 1. The molecule has 1 fully saturated rings. The summed E-state index contributed by atoms with van der Waals surface area (Å²) in [4.78, 5) is 24.6. The van der Waals surface area contributed by atoms with E-state index in [0.29, 0.717) is 5.56 Å². The van der Waals surface area contributed by atoms with E-state index in [9.17, 15) is 9.59 Å². The number of nitriles is 1. The standard InChI is InChI=1S/C18H14N2O3S/c1-12(21)23-17-16(14-9-7-13(11-19)8-10-14)20(18(17)22)24-15-5-3-2-4-6-15/h2-10,16-17H,1H3/t16-,17-/m0/s1. The summed E-state index contributed by atoms with van der Waals surface area (Å²) in [5.41, 5.74) is 1.36. The van der Waals surface area contributed by atoms with Gasteiger partial charge in [-0.3, -0.25) is 13.9 Å². The zero-order chi connectivity index (χ0) is 17.1. The van der Waals surface area contributed by atoms with E-state index in [-0.39, 0.29) is 11.9 Å². The maximum absolute atomic E-state index is 12.4. The average molecular weight is 338 g/mol. The SMILES string of the molecule is CC(=O)O[C@@H]1C(=O)N(Sc2ccccc2)[C@H]1c1ccc(C#N)cc1. The summed E-state index contributed by atoms with van der Waals surface area (Å²) in [7, 11) is 0. The normalized spacial score (nSPS) is 19.3. The highest BCUT2D eigenvalue weighted by molar-refractivity contribution is 7.97. The van der Waals surface area contributed by atoms with Crippen LogP contribution in [0.4, 0.5) is 0 Å². The number of amides is 1. The molecule has 24 heavy (non-hydrogen) atoms. The van der Waals surface area contributed by atoms with E-state index < -0.39 is 12.1 Å². The summed E-state index contributed by atoms with van der Waals surface area (Å²) >= 11 is 1.31. The van der Waals surface area contributed by atoms with Gasteiger partial charge in [0.1, 0.15) is 6.04 Å². The van der Waals surface area contributed by atoms with E-state index in [1.807, 2.05) is 30.3 Å². The van der Waals surface area contributed by atoms with E-state index in [4.69, 9.17) is 10.00 Å². The molecule has 0 saturated carbocycles. The Morgan fingerprint density at radius 3 is 2.42 bits per heavy atom. The molecule has 0 radical (unpaired) electrons. The maximum Gasteiger partial charge on any atom is 0.303 e. The predicted octanol–water partition coefficient (Wildman–Crippen LogP) is 3.08. The Morgan fingerprint density at radius 1 is 1.17 bits per heavy atom. The molecule has 6 heteroatoms. The molecule has 1 aliphatic heterocycles. The van der Waals surface area contributed by atoms with Crippen molar-refractivity contribution in [3.8, 4) is 6.07 Å². The van der Waals surface area contributed by atoms with Crippen molar-refractivity contribution in [3.05, 3.63) is 65.7 Å². The molecule has 0 aromatic heterocycles. The minimum absolute atomic E-state index is 0.242. The number of carbonyl (C=O) groups is 2. The summed E-state index contributed by atoms with van der Waals surface area (Å²) in [6, 6.07) is 18.1. The second kappa shape index (κ2) is 6.77. The maximum atomic E-state index is 12.4. The van der Waals surface area contributed by atoms with Crippen molar-refractivity contribution in [2.24, 2.45) is 0 Å². The first-order valence-corrected chi connectivity index (χ1v) is 8.11. The zero-order valence-corrected chi connectivity index (χ0v) is 13.7. The molecule has 2 aromatic rings. The van der Waals surface area contributed by atoms with Crippen LogP contribution in [0.15, 0.2) is 59.5 Å². The summed E-state index contributed by atoms with van der Waals surface area (Å²) in [6.45, 7) is 1.29. The number of nitrogens with zero attached hydrogens (tertiary/aromatic N) is 2. The smallest absolute Gasteiger partial charge is 0.303 e. The minimum Gasteiger partial charge on any atom is -0.450 e. The largest absolute Gasteiger partial charge is 0.450 e. The molecule has 2 aromatic carbocycles. The van der Waals surface area contributed by atoms with Gasteiger partial charge in [0.25, 0.3) is 5.91 Å². The summed E-state index contributed by atoms with van der Waals surface area (Å²) in [6.07, 6.45) is -0.827. The molecule has 3 rings (SSSR count). The van der Waals surface area contributed by atoms with Crippen LogP contribution >= 0.6 is 11.9 Å². The highest BCUT2D eigenvalue weighted by Crippen LogP contribution is 2.44. The molecule has 0 N–H and O–H groups in total. The fourth-order valence-electron chi connectivity index (χ4n) is 2.49. The van der Waals surface area contributed by atoms with Crippen LogP contribution in [-0.2, 0) is 14.3 Å². The lowest BCUT2D eigenvalue weighted by atomic mass is 9.93. The lowest BCUT2D eigenvalue weighted by molar-refractivity contribution is -0.173. The fourth-order valence-corrected chi connectivity index (χ4v) is 3.54. The molecule has 0 spiro atoms. The number of carbonyl (C=O) groups excluding carboxylic acids is 2. The molecule has 120 valence electrons. The number of β-lactam (4-membered cyclic amide) rings is 1. The first-order valence-electron chi connectivity index (χ1n) is 7.33. The lowest BCUT2D eigenvalue weighted by Crippen LogP contribution is -2.56. The van der Waals surface area contributed by atoms with Gasteiger partial charge in [0, 0.05) is 11.8 Å². The van der Waals surface area contributed by atoms with Crippen molar-refractivity contribution < 1.29 is 14.3 Å². The van der Waals surface area contributed by atoms with Crippen LogP contribution in [-0.4, -0.2) is 22.3 Å². The van der Waals surface area contributed by atoms with E-state index in [2.05, 4.69) is 6.07 Å². The van der Waals surface area contributed by atoms with Crippen molar-refractivity contribution in [3.63, 3.8) is 0 Å². The topological polar surface area (TPSA) is 70.4 Å². The van der Waals surface area contributed by atoms with Gasteiger partial charge in [-0.2, -0.15) is 5.26 Å². The number of hydrogen-bond acceptors (Lipinski definition) is 5. The number of hydrogen-bond donors (Lipinski definition) is 0. The number of esters is 1. The van der Waals surface area contributed by atoms with Gasteiger partial charge in [-0.1, -0.05) is 30.3 Å². The van der Waals surface area contributed by atoms with Gasteiger partial charge in [0.05, 0.1) is 11.6 Å². The first-order chi connectivity index (χ1) is 11.6. The highest BCUT2D eigenvalue weighted by atomic mass is 32.2. The highest BCUT2D eigenvalue weighted by Gasteiger charge is 2.51. The molecule has 0 unspecified atom stereocenters. The average Bonchev–Trinajstić information content (AvgIpc) is 2.61. The van der Waals surface area contributed by atoms with E-state index in [1.165, 1.54) is 18.9 Å². The Kier molecular flexibility index (Phi) is 4.54. The van der Waals surface area contributed by atoms with Crippen LogP contribution in [0.5, 0.6) is 0 Å². The second-order valence-corrected chi connectivity index (χ2v) is 6.32. The van der Waals surface area contributed by atoms with E-state index in [1.54, 1.807) is 28.6 Å². The third kappa shape index (κ3) is 3.12. The third-order valence-corrected chi connectivity index (χ3v) is 4.71. The van der Waals surface area contributed by atoms with Crippen LogP contribution in [0.3, 0.4) is 0 Å². The Balaban J connectivity index is 1.87. The lowest BCUT2D eigenvalue weighted by Gasteiger charge is -2.44. The zero-order valence-electron chi connectivity index (χ0n) is 12.9. The molecule has 5 nitrogen and oxygen atoms in total. The molecule has 0 bridgehead atoms. The van der Waals surface area contributed by atoms with Gasteiger partial charge in [0.15, 0.2) is 0 Å². The second-order valence-electron chi connectivity index (χ2n) is 5.28. The quantitative estimate of drug-likeness (QED) is 0.487. The molecule has 1 amide bonds. The van der Waals surface area contributed by atoms with Gasteiger partial charge in [-0.05, 0) is 41.8 Å². The monoisotopic (exact) mass is 338 g/mol. The first kappa shape index (κ1) is 16.1. The molecular formula is C18H14N2O3S. The fraction of sp³-hybridized carbons (Fsp3) is 0.167. The van der Waals surface area contributed by atoms with Gasteiger partial charge in [-0.15, -0.1) is 0 Å². The van der Waals surface area contributed by atoms with Gasteiger partial charge in [0.2, 0.25) is 6.10 Å².